The van der Waals surface area contributed by atoms with E-state index in [1.165, 1.54) is 28.8 Å². The van der Waals surface area contributed by atoms with E-state index in [9.17, 15) is 18.0 Å². The van der Waals surface area contributed by atoms with Gasteiger partial charge < -0.3 is 19.7 Å². The third-order valence-electron chi connectivity index (χ3n) is 6.87. The van der Waals surface area contributed by atoms with Crippen molar-refractivity contribution in [3.8, 4) is 11.5 Å². The minimum absolute atomic E-state index is 0.0384. The Bertz CT molecular complexity index is 1450. The Hall–Kier alpha value is -3.70. The quantitative estimate of drug-likeness (QED) is 0.169. The average molecular weight is 628 g/mol. The van der Waals surface area contributed by atoms with Gasteiger partial charge >= 0.3 is 0 Å². The van der Waals surface area contributed by atoms with Crippen LogP contribution in [0.3, 0.4) is 0 Å². The average Bonchev–Trinajstić information content (AvgIpc) is 3.02. The van der Waals surface area contributed by atoms with Crippen LogP contribution in [-0.4, -0.2) is 64.2 Å². The molecule has 1 unspecified atom stereocenters. The number of para-hydroxylation sites is 2. The van der Waals surface area contributed by atoms with Gasteiger partial charge in [-0.25, -0.2) is 8.42 Å². The minimum atomic E-state index is -4.21. The summed E-state index contributed by atoms with van der Waals surface area (Å²) in [4.78, 5) is 29.7. The number of sulfonamides is 1. The number of ether oxygens (including phenoxy) is 2. The number of hydrogen-bond donors (Lipinski definition) is 1. The summed E-state index contributed by atoms with van der Waals surface area (Å²) in [6, 6.07) is 19.5. The predicted octanol–water partition coefficient (Wildman–Crippen LogP) is 5.34. The molecule has 0 saturated carbocycles. The van der Waals surface area contributed by atoms with E-state index in [4.69, 9.17) is 9.47 Å². The molecule has 0 aliphatic heterocycles. The van der Waals surface area contributed by atoms with E-state index in [1.807, 2.05) is 25.3 Å². The largest absolute Gasteiger partial charge is 0.497 e. The monoisotopic (exact) mass is 627 g/mol. The summed E-state index contributed by atoms with van der Waals surface area (Å²) in [7, 11) is -2.65. The molecule has 0 fully saturated rings. The van der Waals surface area contributed by atoms with Crippen molar-refractivity contribution in [2.45, 2.75) is 56.0 Å². The molecule has 232 valence electrons. The molecule has 0 aliphatic carbocycles. The van der Waals surface area contributed by atoms with Crippen molar-refractivity contribution in [1.82, 2.24) is 10.2 Å². The molecule has 0 aromatic heterocycles. The molecule has 9 nitrogen and oxygen atoms in total. The Labute approximate surface area is 259 Å². The Balaban J connectivity index is 2.05. The number of anilines is 1. The highest BCUT2D eigenvalue weighted by atomic mass is 32.2. The molecule has 0 aliphatic rings. The highest BCUT2D eigenvalue weighted by Crippen LogP contribution is 2.33. The van der Waals surface area contributed by atoms with E-state index in [0.717, 1.165) is 27.6 Å². The van der Waals surface area contributed by atoms with Crippen LogP contribution in [0.15, 0.2) is 82.6 Å². The third kappa shape index (κ3) is 8.90. The summed E-state index contributed by atoms with van der Waals surface area (Å²) in [5.74, 6) is 0.134. The lowest BCUT2D eigenvalue weighted by Crippen LogP contribution is -2.51. The number of nitrogens with one attached hydrogen (secondary N) is 1. The molecule has 3 rings (SSSR count). The molecule has 0 radical (unpaired) electrons. The number of thioether (sulfide) groups is 1. The molecule has 2 amide bonds. The number of carbonyl (C=O) groups is 2. The maximum atomic E-state index is 14.2. The fraction of sp³-hybridized carbons (Fsp3) is 0.375. The maximum absolute atomic E-state index is 14.2. The third-order valence-corrected chi connectivity index (χ3v) is 9.39. The van der Waals surface area contributed by atoms with Crippen LogP contribution >= 0.6 is 11.8 Å². The fourth-order valence-corrected chi connectivity index (χ4v) is 6.21. The standard InChI is InChI=1S/C32H41N3O6S2/c1-6-8-21-33-32(37)24(3)34(22-25-13-15-26(40-4)16-14-25)31(36)23-35(29-11-9-10-12-30(29)41-7-2)43(38,39)28-19-17-27(42-5)18-20-28/h9-20,24H,6-8,21-23H2,1-5H3,(H,33,37). The summed E-state index contributed by atoms with van der Waals surface area (Å²) < 4.78 is 40.4. The first-order valence-electron chi connectivity index (χ1n) is 14.2. The van der Waals surface area contributed by atoms with Gasteiger partial charge in [-0.15, -0.1) is 11.8 Å². The van der Waals surface area contributed by atoms with Crippen LogP contribution in [0.1, 0.15) is 39.2 Å². The highest BCUT2D eigenvalue weighted by molar-refractivity contribution is 7.98. The predicted molar refractivity (Wildman–Crippen MR) is 171 cm³/mol. The molecule has 0 saturated heterocycles. The van der Waals surface area contributed by atoms with E-state index in [1.54, 1.807) is 69.5 Å². The summed E-state index contributed by atoms with van der Waals surface area (Å²) >= 11 is 1.50. The van der Waals surface area contributed by atoms with E-state index in [0.29, 0.717) is 24.7 Å². The van der Waals surface area contributed by atoms with Crippen LogP contribution < -0.4 is 19.1 Å². The maximum Gasteiger partial charge on any atom is 0.264 e. The second-order valence-corrected chi connectivity index (χ2v) is 12.5. The summed E-state index contributed by atoms with van der Waals surface area (Å²) in [6.45, 7) is 5.82. The molecule has 0 bridgehead atoms. The number of carbonyl (C=O) groups excluding carboxylic acids is 2. The molecular formula is C32H41N3O6S2. The first-order valence-corrected chi connectivity index (χ1v) is 16.9. The molecule has 1 atom stereocenters. The molecule has 1 N–H and O–H groups in total. The van der Waals surface area contributed by atoms with Gasteiger partial charge in [-0.1, -0.05) is 37.6 Å². The second-order valence-electron chi connectivity index (χ2n) is 9.78. The highest BCUT2D eigenvalue weighted by Gasteiger charge is 2.33. The number of methoxy groups -OCH3 is 1. The zero-order valence-corrected chi connectivity index (χ0v) is 27.0. The van der Waals surface area contributed by atoms with Crippen molar-refractivity contribution < 1.29 is 27.5 Å². The fourth-order valence-electron chi connectivity index (χ4n) is 4.38. The lowest BCUT2D eigenvalue weighted by Gasteiger charge is -2.32. The normalized spacial score (nSPS) is 11.8. The van der Waals surface area contributed by atoms with E-state index in [2.05, 4.69) is 5.32 Å². The van der Waals surface area contributed by atoms with Crippen molar-refractivity contribution in [3.05, 3.63) is 78.4 Å². The number of amides is 2. The molecule has 11 heteroatoms. The van der Waals surface area contributed by atoms with Crippen LogP contribution in [-0.2, 0) is 26.2 Å². The minimum Gasteiger partial charge on any atom is -0.497 e. The van der Waals surface area contributed by atoms with E-state index < -0.39 is 28.5 Å². The van der Waals surface area contributed by atoms with Crippen molar-refractivity contribution in [2.75, 3.05) is 37.4 Å². The van der Waals surface area contributed by atoms with Crippen molar-refractivity contribution >= 4 is 39.3 Å². The number of nitrogens with zero attached hydrogens (tertiary/aromatic N) is 2. The Morgan fingerprint density at radius 1 is 0.977 bits per heavy atom. The number of hydrogen-bond acceptors (Lipinski definition) is 7. The summed E-state index contributed by atoms with van der Waals surface area (Å²) in [5.41, 5.74) is 0.996. The molecule has 43 heavy (non-hydrogen) atoms. The van der Waals surface area contributed by atoms with Gasteiger partial charge in [0.25, 0.3) is 10.0 Å². The molecule has 0 heterocycles. The topological polar surface area (TPSA) is 105 Å². The van der Waals surface area contributed by atoms with Gasteiger partial charge in [0.15, 0.2) is 0 Å². The first-order chi connectivity index (χ1) is 20.7. The number of unbranched alkanes of at least 4 members (excludes halogenated alkanes) is 1. The van der Waals surface area contributed by atoms with Gasteiger partial charge in [-0.05, 0) is 80.6 Å². The van der Waals surface area contributed by atoms with Crippen LogP contribution in [0.4, 0.5) is 5.69 Å². The van der Waals surface area contributed by atoms with E-state index in [-0.39, 0.29) is 23.0 Å². The lowest BCUT2D eigenvalue weighted by atomic mass is 10.1. The number of benzene rings is 3. The van der Waals surface area contributed by atoms with Gasteiger partial charge in [0.05, 0.1) is 24.3 Å². The summed E-state index contributed by atoms with van der Waals surface area (Å²) in [5, 5.41) is 2.89. The zero-order chi connectivity index (χ0) is 31.4. The van der Waals surface area contributed by atoms with Crippen molar-refractivity contribution in [2.24, 2.45) is 0 Å². The van der Waals surface area contributed by atoms with Crippen molar-refractivity contribution in [1.29, 1.82) is 0 Å². The first kappa shape index (κ1) is 33.8. The Morgan fingerprint density at radius 2 is 1.65 bits per heavy atom. The van der Waals surface area contributed by atoms with Crippen molar-refractivity contribution in [3.63, 3.8) is 0 Å². The molecule has 3 aromatic carbocycles. The SMILES string of the molecule is CCCCNC(=O)C(C)N(Cc1ccc(OC)cc1)C(=O)CN(c1ccccc1OCC)S(=O)(=O)c1ccc(SC)cc1. The Morgan fingerprint density at radius 3 is 2.26 bits per heavy atom. The van der Waals surface area contributed by atoms with Crippen LogP contribution in [0.5, 0.6) is 11.5 Å². The smallest absolute Gasteiger partial charge is 0.264 e. The van der Waals surface area contributed by atoms with Gasteiger partial charge in [-0.2, -0.15) is 0 Å². The molecular weight excluding hydrogens is 587 g/mol. The molecule has 0 spiro atoms. The van der Waals surface area contributed by atoms with Crippen LogP contribution in [0.25, 0.3) is 0 Å². The summed E-state index contributed by atoms with van der Waals surface area (Å²) in [6.07, 6.45) is 3.62. The van der Waals surface area contributed by atoms with Gasteiger partial charge in [-0.3, -0.25) is 13.9 Å². The van der Waals surface area contributed by atoms with Gasteiger partial charge in [0.2, 0.25) is 11.8 Å². The molecule has 3 aromatic rings. The lowest BCUT2D eigenvalue weighted by molar-refractivity contribution is -0.139. The Kier molecular flexibility index (Phi) is 12.8. The number of rotatable bonds is 16. The van der Waals surface area contributed by atoms with Gasteiger partial charge in [0, 0.05) is 18.0 Å². The van der Waals surface area contributed by atoms with Crippen LogP contribution in [0.2, 0.25) is 0 Å². The van der Waals surface area contributed by atoms with Crippen LogP contribution in [0, 0.1) is 0 Å². The van der Waals surface area contributed by atoms with E-state index >= 15 is 0 Å². The second kappa shape index (κ2) is 16.2. The van der Waals surface area contributed by atoms with Gasteiger partial charge in [0.1, 0.15) is 24.1 Å². The zero-order valence-electron chi connectivity index (χ0n) is 25.4.